The third kappa shape index (κ3) is 4.32. The summed E-state index contributed by atoms with van der Waals surface area (Å²) in [5.41, 5.74) is 0.518. The molecule has 2 aromatic carbocycles. The molecule has 2 N–H and O–H groups in total. The number of methoxy groups -OCH3 is 1. The molecule has 6 heteroatoms. The van der Waals surface area contributed by atoms with Gasteiger partial charge < -0.3 is 15.4 Å². The average molecular weight is 311 g/mol. The summed E-state index contributed by atoms with van der Waals surface area (Å²) in [6, 6.07) is 14.4. The predicted octanol–water partition coefficient (Wildman–Crippen LogP) is 3.29. The molecular formula is C17H14FN3O2. The Morgan fingerprint density at radius 2 is 1.91 bits per heavy atom. The number of hydrogen-bond donors (Lipinski definition) is 2. The third-order valence-corrected chi connectivity index (χ3v) is 2.96. The highest BCUT2D eigenvalue weighted by molar-refractivity contribution is 6.06. The molecule has 0 fully saturated rings. The van der Waals surface area contributed by atoms with Crippen LogP contribution in [-0.2, 0) is 4.79 Å². The molecule has 0 spiro atoms. The van der Waals surface area contributed by atoms with Gasteiger partial charge in [0.2, 0.25) is 0 Å². The van der Waals surface area contributed by atoms with Crippen LogP contribution in [0.15, 0.2) is 60.3 Å². The van der Waals surface area contributed by atoms with Crippen LogP contribution in [0.25, 0.3) is 0 Å². The molecule has 0 aromatic heterocycles. The smallest absolute Gasteiger partial charge is 0.267 e. The number of amides is 1. The van der Waals surface area contributed by atoms with E-state index in [1.165, 1.54) is 12.1 Å². The van der Waals surface area contributed by atoms with E-state index in [0.29, 0.717) is 11.4 Å². The van der Waals surface area contributed by atoms with Gasteiger partial charge in [0.25, 0.3) is 5.91 Å². The molecule has 0 atom stereocenters. The molecule has 2 rings (SSSR count). The highest BCUT2D eigenvalue weighted by Gasteiger charge is 2.10. The van der Waals surface area contributed by atoms with Crippen LogP contribution in [-0.4, -0.2) is 13.0 Å². The van der Waals surface area contributed by atoms with Crippen molar-refractivity contribution in [1.29, 1.82) is 5.26 Å². The van der Waals surface area contributed by atoms with Crippen molar-refractivity contribution in [3.63, 3.8) is 0 Å². The van der Waals surface area contributed by atoms with Gasteiger partial charge in [-0.05, 0) is 36.4 Å². The fourth-order valence-electron chi connectivity index (χ4n) is 1.75. The van der Waals surface area contributed by atoms with Gasteiger partial charge >= 0.3 is 0 Å². The number of nitrogens with zero attached hydrogens (tertiary/aromatic N) is 1. The second-order valence-corrected chi connectivity index (χ2v) is 4.48. The van der Waals surface area contributed by atoms with E-state index in [1.807, 2.05) is 0 Å². The minimum Gasteiger partial charge on any atom is -0.497 e. The summed E-state index contributed by atoms with van der Waals surface area (Å²) in [4.78, 5) is 12.0. The summed E-state index contributed by atoms with van der Waals surface area (Å²) in [5, 5.41) is 14.3. The molecule has 2 aromatic rings. The van der Waals surface area contributed by atoms with Gasteiger partial charge in [-0.3, -0.25) is 4.79 Å². The number of nitrogens with one attached hydrogen (secondary N) is 2. The molecule has 0 radical (unpaired) electrons. The largest absolute Gasteiger partial charge is 0.497 e. The molecule has 0 saturated heterocycles. The first-order valence-electron chi connectivity index (χ1n) is 6.71. The second kappa shape index (κ2) is 7.61. The SMILES string of the molecule is COc1ccc(NC(=O)/C(C#N)=C\Nc2ccccc2F)cc1. The maximum Gasteiger partial charge on any atom is 0.267 e. The van der Waals surface area contributed by atoms with E-state index in [1.54, 1.807) is 49.6 Å². The zero-order valence-electron chi connectivity index (χ0n) is 12.3. The molecular weight excluding hydrogens is 297 g/mol. The molecule has 23 heavy (non-hydrogen) atoms. The van der Waals surface area contributed by atoms with E-state index in [4.69, 9.17) is 10.00 Å². The Labute approximate surface area is 133 Å². The van der Waals surface area contributed by atoms with Crippen LogP contribution in [0.2, 0.25) is 0 Å². The maximum absolute atomic E-state index is 13.5. The zero-order valence-corrected chi connectivity index (χ0v) is 12.3. The van der Waals surface area contributed by atoms with E-state index in [-0.39, 0.29) is 11.3 Å². The molecule has 0 aliphatic heterocycles. The highest BCUT2D eigenvalue weighted by atomic mass is 19.1. The lowest BCUT2D eigenvalue weighted by Crippen LogP contribution is -2.14. The van der Waals surface area contributed by atoms with Crippen LogP contribution in [0, 0.1) is 17.1 Å². The Balaban J connectivity index is 2.07. The highest BCUT2D eigenvalue weighted by Crippen LogP contribution is 2.16. The molecule has 0 aliphatic carbocycles. The number of para-hydroxylation sites is 1. The standard InChI is InChI=1S/C17H14FN3O2/c1-23-14-8-6-13(7-9-14)21-17(22)12(10-19)11-20-16-5-3-2-4-15(16)18/h2-9,11,20H,1H3,(H,21,22)/b12-11-. The third-order valence-electron chi connectivity index (χ3n) is 2.96. The molecule has 0 saturated carbocycles. The summed E-state index contributed by atoms with van der Waals surface area (Å²) in [6.07, 6.45) is 1.16. The lowest BCUT2D eigenvalue weighted by atomic mass is 10.2. The Bertz CT molecular complexity index is 764. The van der Waals surface area contributed by atoms with Crippen molar-refractivity contribution in [3.8, 4) is 11.8 Å². The Hall–Kier alpha value is -3.33. The van der Waals surface area contributed by atoms with Crippen molar-refractivity contribution < 1.29 is 13.9 Å². The molecule has 0 heterocycles. The molecule has 0 unspecified atom stereocenters. The van der Waals surface area contributed by atoms with Crippen molar-refractivity contribution in [2.75, 3.05) is 17.7 Å². The molecule has 1 amide bonds. The van der Waals surface area contributed by atoms with Gasteiger partial charge in [-0.2, -0.15) is 5.26 Å². The molecule has 0 aliphatic rings. The molecule has 5 nitrogen and oxygen atoms in total. The maximum atomic E-state index is 13.5. The second-order valence-electron chi connectivity index (χ2n) is 4.48. The minimum atomic E-state index is -0.596. The van der Waals surface area contributed by atoms with Crippen molar-refractivity contribution in [2.24, 2.45) is 0 Å². The quantitative estimate of drug-likeness (QED) is 0.656. The van der Waals surface area contributed by atoms with Crippen molar-refractivity contribution in [1.82, 2.24) is 0 Å². The minimum absolute atomic E-state index is 0.177. The fraction of sp³-hybridized carbons (Fsp3) is 0.0588. The van der Waals surface area contributed by atoms with Crippen molar-refractivity contribution in [2.45, 2.75) is 0 Å². The topological polar surface area (TPSA) is 74.1 Å². The van der Waals surface area contributed by atoms with Crippen LogP contribution in [0.5, 0.6) is 5.75 Å². The Kier molecular flexibility index (Phi) is 5.31. The van der Waals surface area contributed by atoms with Crippen LogP contribution >= 0.6 is 0 Å². The van der Waals surface area contributed by atoms with E-state index in [0.717, 1.165) is 6.20 Å². The Morgan fingerprint density at radius 1 is 1.22 bits per heavy atom. The lowest BCUT2D eigenvalue weighted by Gasteiger charge is -2.06. The van der Waals surface area contributed by atoms with Gasteiger partial charge in [0, 0.05) is 11.9 Å². The number of halogens is 1. The van der Waals surface area contributed by atoms with Crippen LogP contribution in [0.3, 0.4) is 0 Å². The van der Waals surface area contributed by atoms with E-state index >= 15 is 0 Å². The summed E-state index contributed by atoms with van der Waals surface area (Å²) < 4.78 is 18.5. The first-order chi connectivity index (χ1) is 11.1. The number of carbonyl (C=O) groups excluding carboxylic acids is 1. The monoisotopic (exact) mass is 311 g/mol. The number of hydrogen-bond acceptors (Lipinski definition) is 4. The Morgan fingerprint density at radius 3 is 2.52 bits per heavy atom. The van der Waals surface area contributed by atoms with Crippen molar-refractivity contribution >= 4 is 17.3 Å². The van der Waals surface area contributed by atoms with Gasteiger partial charge in [0.05, 0.1) is 12.8 Å². The first kappa shape index (κ1) is 16.0. The summed E-state index contributed by atoms with van der Waals surface area (Å²) in [5.74, 6) is -0.418. The number of rotatable bonds is 5. The van der Waals surface area contributed by atoms with Gasteiger partial charge in [-0.15, -0.1) is 0 Å². The molecule has 0 bridgehead atoms. The van der Waals surface area contributed by atoms with Crippen LogP contribution in [0.1, 0.15) is 0 Å². The van der Waals surface area contributed by atoms with Crippen LogP contribution in [0.4, 0.5) is 15.8 Å². The van der Waals surface area contributed by atoms with E-state index < -0.39 is 11.7 Å². The van der Waals surface area contributed by atoms with E-state index in [9.17, 15) is 9.18 Å². The van der Waals surface area contributed by atoms with Crippen LogP contribution < -0.4 is 15.4 Å². The number of ether oxygens (including phenoxy) is 1. The van der Waals surface area contributed by atoms with Crippen molar-refractivity contribution in [3.05, 3.63) is 66.1 Å². The summed E-state index contributed by atoms with van der Waals surface area (Å²) >= 11 is 0. The summed E-state index contributed by atoms with van der Waals surface area (Å²) in [6.45, 7) is 0. The van der Waals surface area contributed by atoms with Gasteiger partial charge in [0.15, 0.2) is 0 Å². The fourth-order valence-corrected chi connectivity index (χ4v) is 1.75. The average Bonchev–Trinajstić information content (AvgIpc) is 2.57. The van der Waals surface area contributed by atoms with Gasteiger partial charge in [-0.1, -0.05) is 12.1 Å². The first-order valence-corrected chi connectivity index (χ1v) is 6.71. The number of anilines is 2. The summed E-state index contributed by atoms with van der Waals surface area (Å²) in [7, 11) is 1.54. The predicted molar refractivity (Wildman–Crippen MR) is 85.3 cm³/mol. The lowest BCUT2D eigenvalue weighted by molar-refractivity contribution is -0.112. The normalized spacial score (nSPS) is 10.6. The van der Waals surface area contributed by atoms with Gasteiger partial charge in [0.1, 0.15) is 23.2 Å². The zero-order chi connectivity index (χ0) is 16.7. The van der Waals surface area contributed by atoms with Gasteiger partial charge in [-0.25, -0.2) is 4.39 Å². The van der Waals surface area contributed by atoms with E-state index in [2.05, 4.69) is 10.6 Å². The number of nitriles is 1. The molecule has 116 valence electrons. The number of carbonyl (C=O) groups is 1. The number of benzene rings is 2.